The minimum absolute atomic E-state index is 0.0236. The maximum Gasteiger partial charge on any atom is 0.269 e. The van der Waals surface area contributed by atoms with Crippen LogP contribution >= 0.6 is 0 Å². The molecule has 0 radical (unpaired) electrons. The third-order valence-electron chi connectivity index (χ3n) is 13.9. The summed E-state index contributed by atoms with van der Waals surface area (Å²) in [4.78, 5) is 4.90. The molecule has 0 N–H and O–H groups in total. The molecule has 338 valence electrons. The summed E-state index contributed by atoms with van der Waals surface area (Å²) in [7, 11) is 0. The van der Waals surface area contributed by atoms with Crippen molar-refractivity contribution >= 4 is 21.8 Å². The summed E-state index contributed by atoms with van der Waals surface area (Å²) in [5.74, 6) is 2.34. The summed E-state index contributed by atoms with van der Waals surface area (Å²) >= 11 is 0. The smallest absolute Gasteiger partial charge is 0.269 e. The van der Waals surface area contributed by atoms with E-state index in [4.69, 9.17) is 9.72 Å². The van der Waals surface area contributed by atoms with E-state index in [1.54, 1.807) is 0 Å². The van der Waals surface area contributed by atoms with E-state index in [0.29, 0.717) is 0 Å². The van der Waals surface area contributed by atoms with E-state index in [1.807, 2.05) is 12.3 Å². The number of para-hydroxylation sites is 2. The van der Waals surface area contributed by atoms with Crippen LogP contribution in [0.25, 0.3) is 106 Å². The Morgan fingerprint density at radius 3 is 1.76 bits per heavy atom. The first-order valence-corrected chi connectivity index (χ1v) is 24.3. The van der Waals surface area contributed by atoms with Gasteiger partial charge in [0.25, 0.3) is 6.33 Å². The topological polar surface area (TPSA) is 35.9 Å². The Labute approximate surface area is 413 Å². The molecule has 4 heterocycles. The van der Waals surface area contributed by atoms with Crippen molar-refractivity contribution in [3.05, 3.63) is 249 Å². The van der Waals surface area contributed by atoms with Crippen LogP contribution in [-0.4, -0.2) is 14.1 Å². The lowest BCUT2D eigenvalue weighted by atomic mass is 9.86. The first-order valence-electron chi connectivity index (χ1n) is 24.3. The molecule has 0 saturated heterocycles. The summed E-state index contributed by atoms with van der Waals surface area (Å²) < 4.78 is 13.5. The van der Waals surface area contributed by atoms with Gasteiger partial charge in [-0.05, 0) is 139 Å². The van der Waals surface area contributed by atoms with Crippen LogP contribution in [0.15, 0.2) is 237 Å². The lowest BCUT2D eigenvalue weighted by Crippen LogP contribution is -2.34. The number of pyridine rings is 1. The summed E-state index contributed by atoms with van der Waals surface area (Å²) in [5, 5.41) is 2.32. The Bertz CT molecular complexity index is 3950. The molecule has 0 bridgehead atoms. The number of ether oxygens (including phenoxy) is 1. The molecule has 0 aliphatic carbocycles. The number of benzene rings is 9. The SMILES string of the molecule is CC(C)(C)c1ccnc(-n2c3ccccc3c3ccc(Oc4cccc(-n5[c-][n+]6c(c5)-c5ccccc5-c5ccccc5-c5cccc(-c7cc(-c8ccccc8)cc(-c8ccccc8)c7)c5-6)c4)cc32)c1. The fourth-order valence-electron chi connectivity index (χ4n) is 10.5. The van der Waals surface area contributed by atoms with Crippen molar-refractivity contribution in [2.75, 3.05) is 0 Å². The van der Waals surface area contributed by atoms with Crippen molar-refractivity contribution in [3.8, 4) is 95.6 Å². The number of nitrogens with zero attached hydrogens (tertiary/aromatic N) is 4. The third kappa shape index (κ3) is 7.42. The van der Waals surface area contributed by atoms with Crippen molar-refractivity contribution in [1.82, 2.24) is 14.1 Å². The molecule has 12 aromatic rings. The predicted octanol–water partition coefficient (Wildman–Crippen LogP) is 16.5. The van der Waals surface area contributed by atoms with Gasteiger partial charge < -0.3 is 4.74 Å². The third-order valence-corrected chi connectivity index (χ3v) is 13.9. The van der Waals surface area contributed by atoms with Gasteiger partial charge in [0.05, 0.1) is 28.1 Å². The van der Waals surface area contributed by atoms with E-state index < -0.39 is 0 Å². The number of imidazole rings is 1. The Kier molecular flexibility index (Phi) is 9.99. The van der Waals surface area contributed by atoms with Gasteiger partial charge in [-0.3, -0.25) is 13.7 Å². The normalized spacial score (nSPS) is 11.9. The Morgan fingerprint density at radius 1 is 0.451 bits per heavy atom. The minimum atomic E-state index is -0.0236. The first-order chi connectivity index (χ1) is 34.8. The monoisotopic (exact) mass is 912 g/mol. The van der Waals surface area contributed by atoms with Gasteiger partial charge in [-0.1, -0.05) is 172 Å². The van der Waals surface area contributed by atoms with Crippen LogP contribution in [0.3, 0.4) is 0 Å². The molecular formula is C66H48N4O. The highest BCUT2D eigenvalue weighted by Crippen LogP contribution is 2.45. The van der Waals surface area contributed by atoms with Crippen molar-refractivity contribution < 1.29 is 9.30 Å². The van der Waals surface area contributed by atoms with Crippen LogP contribution in [0.5, 0.6) is 11.5 Å². The second kappa shape index (κ2) is 16.9. The summed E-state index contributed by atoms with van der Waals surface area (Å²) in [6, 6.07) is 80.1. The van der Waals surface area contributed by atoms with Crippen LogP contribution in [-0.2, 0) is 5.41 Å². The highest BCUT2D eigenvalue weighted by atomic mass is 16.5. The molecule has 0 amide bonds. The number of aromatic nitrogens is 4. The van der Waals surface area contributed by atoms with Gasteiger partial charge >= 0.3 is 0 Å². The Balaban J connectivity index is 0.963. The fraction of sp³-hybridized carbons (Fsp3) is 0.0606. The summed E-state index contributed by atoms with van der Waals surface area (Å²) in [6.45, 7) is 6.71. The fourth-order valence-corrected chi connectivity index (χ4v) is 10.5. The van der Waals surface area contributed by atoms with E-state index in [9.17, 15) is 0 Å². The second-order valence-corrected chi connectivity index (χ2v) is 19.4. The predicted molar refractivity (Wildman–Crippen MR) is 290 cm³/mol. The molecule has 5 nitrogen and oxygen atoms in total. The Hall–Kier alpha value is -9.06. The van der Waals surface area contributed by atoms with E-state index in [0.717, 1.165) is 84.2 Å². The van der Waals surface area contributed by atoms with Gasteiger partial charge in [-0.2, -0.15) is 0 Å². The Morgan fingerprint density at radius 2 is 1.03 bits per heavy atom. The molecule has 0 atom stereocenters. The molecule has 0 unspecified atom stereocenters. The first kappa shape index (κ1) is 42.1. The average molecular weight is 913 g/mol. The van der Waals surface area contributed by atoms with Crippen molar-refractivity contribution in [2.45, 2.75) is 26.2 Å². The minimum Gasteiger partial charge on any atom is -0.458 e. The standard InChI is InChI=1S/C66H48N4O/c1-66(2,3)49-34-35-67-64(39-49)70-61-31-15-14-28-58(61)59-33-32-52(41-62(59)70)71-51-23-16-22-50(40-51)68-42-63-57-27-13-12-25-55(57)54-24-10-11-26-56(54)60-30-17-29-53(65(60)69(63)43-68)48-37-46(44-18-6-4-7-19-44)36-47(38-48)45-20-8-5-9-21-45/h4-42H,1-3H3. The number of fused-ring (bicyclic) bond motifs is 11. The zero-order valence-electron chi connectivity index (χ0n) is 39.7. The quantitative estimate of drug-likeness (QED) is 0.118. The van der Waals surface area contributed by atoms with Gasteiger partial charge in [0.15, 0.2) is 0 Å². The molecule has 13 rings (SSSR count). The average Bonchev–Trinajstić information content (AvgIpc) is 4.00. The van der Waals surface area contributed by atoms with Crippen molar-refractivity contribution in [2.24, 2.45) is 0 Å². The lowest BCUT2D eigenvalue weighted by Gasteiger charge is -2.24. The maximum atomic E-state index is 6.81. The van der Waals surface area contributed by atoms with Crippen LogP contribution in [0, 0.1) is 6.33 Å². The molecule has 0 spiro atoms. The van der Waals surface area contributed by atoms with Gasteiger partial charge in [-0.25, -0.2) is 4.98 Å². The number of rotatable bonds is 7. The van der Waals surface area contributed by atoms with Gasteiger partial charge in [-0.15, -0.1) is 0 Å². The number of hydrogen-bond donors (Lipinski definition) is 0. The largest absolute Gasteiger partial charge is 0.458 e. The van der Waals surface area contributed by atoms with Crippen molar-refractivity contribution in [1.29, 1.82) is 0 Å². The van der Waals surface area contributed by atoms with Crippen molar-refractivity contribution in [3.63, 3.8) is 0 Å². The zero-order chi connectivity index (χ0) is 47.6. The molecule has 0 fully saturated rings. The second-order valence-electron chi connectivity index (χ2n) is 19.4. The van der Waals surface area contributed by atoms with Crippen LogP contribution in [0.4, 0.5) is 0 Å². The van der Waals surface area contributed by atoms with E-state index in [2.05, 4.69) is 265 Å². The molecule has 3 aromatic heterocycles. The molecule has 9 aromatic carbocycles. The molecular weight excluding hydrogens is 865 g/mol. The van der Waals surface area contributed by atoms with E-state index in [1.165, 1.54) is 38.8 Å². The molecule has 1 aliphatic rings. The maximum absolute atomic E-state index is 6.81. The molecule has 5 heteroatoms. The highest BCUT2D eigenvalue weighted by molar-refractivity contribution is 6.09. The summed E-state index contributed by atoms with van der Waals surface area (Å²) in [6.07, 6.45) is 8.02. The van der Waals surface area contributed by atoms with Crippen LogP contribution in [0.1, 0.15) is 26.3 Å². The van der Waals surface area contributed by atoms with Gasteiger partial charge in [0.2, 0.25) is 0 Å². The zero-order valence-corrected chi connectivity index (χ0v) is 39.7. The van der Waals surface area contributed by atoms with E-state index >= 15 is 0 Å². The van der Waals surface area contributed by atoms with Gasteiger partial charge in [0.1, 0.15) is 17.3 Å². The van der Waals surface area contributed by atoms with Gasteiger partial charge in [0, 0.05) is 29.2 Å². The summed E-state index contributed by atoms with van der Waals surface area (Å²) in [5.41, 5.74) is 19.0. The molecule has 71 heavy (non-hydrogen) atoms. The highest BCUT2D eigenvalue weighted by Gasteiger charge is 2.26. The van der Waals surface area contributed by atoms with E-state index in [-0.39, 0.29) is 5.41 Å². The number of hydrogen-bond acceptors (Lipinski definition) is 2. The molecule has 1 aliphatic heterocycles. The lowest BCUT2D eigenvalue weighted by molar-refractivity contribution is -0.586. The molecule has 0 saturated carbocycles. The van der Waals surface area contributed by atoms with Crippen LogP contribution < -0.4 is 9.30 Å². The van der Waals surface area contributed by atoms with Crippen LogP contribution in [0.2, 0.25) is 0 Å².